The van der Waals surface area contributed by atoms with Crippen molar-refractivity contribution in [3.8, 4) is 5.69 Å². The van der Waals surface area contributed by atoms with Crippen LogP contribution in [0.3, 0.4) is 0 Å². The minimum absolute atomic E-state index is 0.201. The van der Waals surface area contributed by atoms with Crippen LogP contribution >= 0.6 is 11.6 Å². The van der Waals surface area contributed by atoms with Gasteiger partial charge in [0, 0.05) is 55.2 Å². The fourth-order valence-corrected chi connectivity index (χ4v) is 5.08. The molecule has 4 heterocycles. The van der Waals surface area contributed by atoms with Crippen LogP contribution in [0.5, 0.6) is 0 Å². The Labute approximate surface area is 211 Å². The van der Waals surface area contributed by atoms with Crippen molar-refractivity contribution in [1.29, 1.82) is 0 Å². The van der Waals surface area contributed by atoms with Gasteiger partial charge in [-0.15, -0.1) is 0 Å². The van der Waals surface area contributed by atoms with Gasteiger partial charge < -0.3 is 14.4 Å². The van der Waals surface area contributed by atoms with Crippen molar-refractivity contribution >= 4 is 45.1 Å². The second kappa shape index (κ2) is 8.80. The summed E-state index contributed by atoms with van der Waals surface area (Å²) in [7, 11) is 1.82. The number of aromatic nitrogens is 4. The van der Waals surface area contributed by atoms with E-state index in [0.29, 0.717) is 47.8 Å². The number of fused-ring (bicyclic) bond motifs is 3. The predicted octanol–water partition coefficient (Wildman–Crippen LogP) is 3.89. The van der Waals surface area contributed by atoms with Crippen molar-refractivity contribution in [2.45, 2.75) is 0 Å². The summed E-state index contributed by atoms with van der Waals surface area (Å²) in [6, 6.07) is 20.4. The van der Waals surface area contributed by atoms with Gasteiger partial charge >= 0.3 is 0 Å². The van der Waals surface area contributed by atoms with Gasteiger partial charge in [0.2, 0.25) is 0 Å². The molecular formula is C27H23ClN6O2. The average Bonchev–Trinajstić information content (AvgIpc) is 3.22. The summed E-state index contributed by atoms with van der Waals surface area (Å²) in [5.41, 5.74) is 1.76. The molecule has 1 saturated heterocycles. The zero-order chi connectivity index (χ0) is 24.8. The Bertz CT molecular complexity index is 1650. The number of benzene rings is 2. The molecule has 6 rings (SSSR count). The third-order valence-electron chi connectivity index (χ3n) is 6.74. The highest BCUT2D eigenvalue weighted by Gasteiger charge is 2.29. The molecule has 0 radical (unpaired) electrons. The number of carbonyl (C=O) groups is 1. The second-order valence-corrected chi connectivity index (χ2v) is 9.25. The maximum Gasteiger partial charge on any atom is 0.296 e. The normalized spacial score (nSPS) is 14.1. The summed E-state index contributed by atoms with van der Waals surface area (Å²) >= 11 is 6.28. The summed E-state index contributed by atoms with van der Waals surface area (Å²) in [6.07, 6.45) is 1.77. The number of aryl methyl sites for hydroxylation is 1. The molecule has 0 N–H and O–H groups in total. The van der Waals surface area contributed by atoms with E-state index < -0.39 is 0 Å². The second-order valence-electron chi connectivity index (χ2n) is 8.81. The highest BCUT2D eigenvalue weighted by atomic mass is 35.5. The molecule has 1 amide bonds. The molecule has 0 unspecified atom stereocenters. The lowest BCUT2D eigenvalue weighted by Gasteiger charge is -2.35. The fourth-order valence-electron chi connectivity index (χ4n) is 4.92. The van der Waals surface area contributed by atoms with Crippen LogP contribution in [-0.4, -0.2) is 56.3 Å². The van der Waals surface area contributed by atoms with Crippen molar-refractivity contribution < 1.29 is 4.79 Å². The highest BCUT2D eigenvalue weighted by molar-refractivity contribution is 6.31. The van der Waals surface area contributed by atoms with Gasteiger partial charge in [-0.05, 0) is 36.4 Å². The van der Waals surface area contributed by atoms with E-state index in [4.69, 9.17) is 11.6 Å². The van der Waals surface area contributed by atoms with Crippen molar-refractivity contribution in [2.24, 2.45) is 7.05 Å². The van der Waals surface area contributed by atoms with Crippen LogP contribution in [0.1, 0.15) is 10.5 Å². The number of nitrogens with zero attached hydrogens (tertiary/aromatic N) is 6. The predicted molar refractivity (Wildman–Crippen MR) is 141 cm³/mol. The Hall–Kier alpha value is -4.17. The SMILES string of the molecule is Cn1c2cc(Cl)ccc2c2c(C(=O)N3CCN(c4ccccn4)CC3)nn(-c3ccccc3)c(=O)c21. The minimum atomic E-state index is -0.289. The first-order valence-corrected chi connectivity index (χ1v) is 12.1. The summed E-state index contributed by atoms with van der Waals surface area (Å²) in [5.74, 6) is 0.696. The van der Waals surface area contributed by atoms with Crippen LogP contribution in [-0.2, 0) is 7.05 Å². The van der Waals surface area contributed by atoms with Gasteiger partial charge in [0.15, 0.2) is 5.69 Å². The molecule has 1 fully saturated rings. The monoisotopic (exact) mass is 498 g/mol. The van der Waals surface area contributed by atoms with E-state index in [2.05, 4.69) is 15.0 Å². The first-order chi connectivity index (χ1) is 17.5. The van der Waals surface area contributed by atoms with Gasteiger partial charge in [0.25, 0.3) is 11.5 Å². The van der Waals surface area contributed by atoms with Crippen LogP contribution in [0.4, 0.5) is 5.82 Å². The largest absolute Gasteiger partial charge is 0.353 e. The molecule has 1 aliphatic rings. The molecule has 1 aliphatic heterocycles. The van der Waals surface area contributed by atoms with Crippen LogP contribution in [0.2, 0.25) is 5.02 Å². The molecule has 180 valence electrons. The van der Waals surface area contributed by atoms with Crippen LogP contribution in [0, 0.1) is 0 Å². The molecule has 0 spiro atoms. The van der Waals surface area contributed by atoms with E-state index in [1.807, 2.05) is 55.6 Å². The summed E-state index contributed by atoms with van der Waals surface area (Å²) in [5, 5.41) is 6.54. The maximum absolute atomic E-state index is 14.0. The Kier molecular flexibility index (Phi) is 5.45. The van der Waals surface area contributed by atoms with E-state index in [1.165, 1.54) is 4.68 Å². The smallest absolute Gasteiger partial charge is 0.296 e. The fraction of sp³-hybridized carbons (Fsp3) is 0.185. The van der Waals surface area contributed by atoms with Gasteiger partial charge in [-0.25, -0.2) is 4.98 Å². The van der Waals surface area contributed by atoms with Crippen LogP contribution in [0.25, 0.3) is 27.5 Å². The van der Waals surface area contributed by atoms with Crippen molar-refractivity contribution in [1.82, 2.24) is 24.2 Å². The standard InChI is InChI=1S/C27H23ClN6O2/c1-31-21-17-18(28)10-11-20(21)23-24(30-34(27(36)25(23)31)19-7-3-2-4-8-19)26(35)33-15-13-32(14-16-33)22-9-5-6-12-29-22/h2-12,17H,13-16H2,1H3. The molecule has 36 heavy (non-hydrogen) atoms. The molecular weight excluding hydrogens is 476 g/mol. The molecule has 8 nitrogen and oxygen atoms in total. The van der Waals surface area contributed by atoms with Gasteiger partial charge in [-0.1, -0.05) is 41.9 Å². The first-order valence-electron chi connectivity index (χ1n) is 11.7. The molecule has 0 saturated carbocycles. The lowest BCUT2D eigenvalue weighted by molar-refractivity contribution is 0.0741. The van der Waals surface area contributed by atoms with E-state index in [-0.39, 0.29) is 17.2 Å². The molecule has 9 heteroatoms. The minimum Gasteiger partial charge on any atom is -0.353 e. The van der Waals surface area contributed by atoms with Gasteiger partial charge in [-0.3, -0.25) is 9.59 Å². The van der Waals surface area contributed by atoms with Crippen molar-refractivity contribution in [3.05, 3.63) is 94.0 Å². The first kappa shape index (κ1) is 22.3. The molecule has 3 aromatic heterocycles. The van der Waals surface area contributed by atoms with E-state index in [1.54, 1.807) is 33.9 Å². The van der Waals surface area contributed by atoms with E-state index >= 15 is 0 Å². The van der Waals surface area contributed by atoms with Crippen LogP contribution < -0.4 is 10.5 Å². The zero-order valence-electron chi connectivity index (χ0n) is 19.6. The molecule has 5 aromatic rings. The number of para-hydroxylation sites is 1. The summed E-state index contributed by atoms with van der Waals surface area (Å²) in [6.45, 7) is 2.38. The Morgan fingerprint density at radius 3 is 2.42 bits per heavy atom. The third kappa shape index (κ3) is 3.61. The number of piperazine rings is 1. The molecule has 0 atom stereocenters. The molecule has 0 aliphatic carbocycles. The Morgan fingerprint density at radius 1 is 0.944 bits per heavy atom. The number of halogens is 1. The highest BCUT2D eigenvalue weighted by Crippen LogP contribution is 2.31. The van der Waals surface area contributed by atoms with Crippen LogP contribution in [0.15, 0.2) is 77.7 Å². The number of carbonyl (C=O) groups excluding carboxylic acids is 1. The van der Waals surface area contributed by atoms with Crippen molar-refractivity contribution in [2.75, 3.05) is 31.1 Å². The van der Waals surface area contributed by atoms with Gasteiger partial charge in [0.1, 0.15) is 11.3 Å². The molecule has 0 bridgehead atoms. The number of pyridine rings is 1. The Balaban J connectivity index is 1.48. The van der Waals surface area contributed by atoms with Crippen molar-refractivity contribution in [3.63, 3.8) is 0 Å². The zero-order valence-corrected chi connectivity index (χ0v) is 20.4. The number of amides is 1. The number of hydrogen-bond acceptors (Lipinski definition) is 5. The molecule has 2 aromatic carbocycles. The van der Waals surface area contributed by atoms with Gasteiger partial charge in [0.05, 0.1) is 11.2 Å². The number of rotatable bonds is 3. The third-order valence-corrected chi connectivity index (χ3v) is 6.97. The topological polar surface area (TPSA) is 76.3 Å². The quantitative estimate of drug-likeness (QED) is 0.377. The summed E-state index contributed by atoms with van der Waals surface area (Å²) in [4.78, 5) is 36.0. The lowest BCUT2D eigenvalue weighted by Crippen LogP contribution is -2.49. The van der Waals surface area contributed by atoms with Gasteiger partial charge in [-0.2, -0.15) is 9.78 Å². The van der Waals surface area contributed by atoms with E-state index in [0.717, 1.165) is 16.7 Å². The average molecular weight is 499 g/mol. The summed E-state index contributed by atoms with van der Waals surface area (Å²) < 4.78 is 3.12. The Morgan fingerprint density at radius 2 is 1.69 bits per heavy atom. The number of anilines is 1. The number of hydrogen-bond donors (Lipinski definition) is 0. The maximum atomic E-state index is 14.0. The van der Waals surface area contributed by atoms with E-state index in [9.17, 15) is 9.59 Å². The lowest BCUT2D eigenvalue weighted by atomic mass is 10.1.